The molecule has 0 heterocycles. The minimum Gasteiger partial charge on any atom is -0.497 e. The van der Waals surface area contributed by atoms with Gasteiger partial charge in [-0.2, -0.15) is 0 Å². The first-order valence-corrected chi connectivity index (χ1v) is 10.5. The molecule has 2 aromatic carbocycles. The van der Waals surface area contributed by atoms with Crippen LogP contribution >= 0.6 is 0 Å². The molecule has 5 nitrogen and oxygen atoms in total. The van der Waals surface area contributed by atoms with Gasteiger partial charge in [-0.15, -0.1) is 0 Å². The number of nitrogens with one attached hydrogen (secondary N) is 1. The van der Waals surface area contributed by atoms with E-state index in [0.29, 0.717) is 6.54 Å². The summed E-state index contributed by atoms with van der Waals surface area (Å²) in [6.07, 6.45) is 1.10. The second-order valence-corrected chi connectivity index (χ2v) is 7.97. The maximum atomic E-state index is 13.4. The van der Waals surface area contributed by atoms with E-state index >= 15 is 0 Å². The van der Waals surface area contributed by atoms with E-state index in [2.05, 4.69) is 5.32 Å². The standard InChI is InChI=1S/C25H34N2O3/c1-7-19(4)26-25(29)20(5)27(16-21-9-8-10-23(14-21)30-6)24(28)15-22-13-17(2)11-12-18(22)3/h8-14,19-20H,7,15-16H2,1-6H3,(H,26,29)/t19-,20-/m1/s1. The zero-order valence-corrected chi connectivity index (χ0v) is 19.0. The topological polar surface area (TPSA) is 58.6 Å². The Morgan fingerprint density at radius 1 is 1.10 bits per heavy atom. The largest absolute Gasteiger partial charge is 0.497 e. The smallest absolute Gasteiger partial charge is 0.242 e. The number of rotatable bonds is 9. The third-order valence-corrected chi connectivity index (χ3v) is 5.50. The van der Waals surface area contributed by atoms with Gasteiger partial charge in [0.1, 0.15) is 11.8 Å². The highest BCUT2D eigenvalue weighted by Crippen LogP contribution is 2.18. The highest BCUT2D eigenvalue weighted by molar-refractivity contribution is 5.88. The molecule has 162 valence electrons. The second kappa shape index (κ2) is 10.8. The van der Waals surface area contributed by atoms with Crippen molar-refractivity contribution < 1.29 is 14.3 Å². The molecule has 2 amide bonds. The molecular formula is C25H34N2O3. The van der Waals surface area contributed by atoms with Gasteiger partial charge in [0.2, 0.25) is 11.8 Å². The lowest BCUT2D eigenvalue weighted by Crippen LogP contribution is -2.49. The molecular weight excluding hydrogens is 376 g/mol. The molecule has 0 fully saturated rings. The first kappa shape index (κ1) is 23.5. The zero-order valence-electron chi connectivity index (χ0n) is 19.0. The molecule has 0 aliphatic heterocycles. The molecule has 0 saturated carbocycles. The predicted molar refractivity (Wildman–Crippen MR) is 121 cm³/mol. The average molecular weight is 411 g/mol. The van der Waals surface area contributed by atoms with Crippen molar-refractivity contribution in [3.63, 3.8) is 0 Å². The fourth-order valence-electron chi connectivity index (χ4n) is 3.27. The Hall–Kier alpha value is -2.82. The van der Waals surface area contributed by atoms with Crippen molar-refractivity contribution in [1.82, 2.24) is 10.2 Å². The fourth-order valence-corrected chi connectivity index (χ4v) is 3.27. The van der Waals surface area contributed by atoms with Crippen molar-refractivity contribution in [2.75, 3.05) is 7.11 Å². The molecule has 0 bridgehead atoms. The van der Waals surface area contributed by atoms with Gasteiger partial charge in [0.05, 0.1) is 13.5 Å². The van der Waals surface area contributed by atoms with Gasteiger partial charge in [0.15, 0.2) is 0 Å². The maximum Gasteiger partial charge on any atom is 0.242 e. The third kappa shape index (κ3) is 6.34. The Morgan fingerprint density at radius 2 is 1.83 bits per heavy atom. The lowest BCUT2D eigenvalue weighted by molar-refractivity contribution is -0.140. The van der Waals surface area contributed by atoms with E-state index in [1.54, 1.807) is 18.9 Å². The summed E-state index contributed by atoms with van der Waals surface area (Å²) in [5.41, 5.74) is 4.11. The van der Waals surface area contributed by atoms with Crippen LogP contribution in [0.3, 0.4) is 0 Å². The SMILES string of the molecule is CC[C@@H](C)NC(=O)[C@@H](C)N(Cc1cccc(OC)c1)C(=O)Cc1cc(C)ccc1C. The Balaban J connectivity index is 2.29. The van der Waals surface area contributed by atoms with Crippen molar-refractivity contribution in [2.45, 2.75) is 66.1 Å². The molecule has 2 rings (SSSR count). The average Bonchev–Trinajstić information content (AvgIpc) is 2.73. The zero-order chi connectivity index (χ0) is 22.3. The monoisotopic (exact) mass is 410 g/mol. The summed E-state index contributed by atoms with van der Waals surface area (Å²) in [5.74, 6) is 0.519. The number of carbonyl (C=O) groups is 2. The highest BCUT2D eigenvalue weighted by Gasteiger charge is 2.27. The third-order valence-electron chi connectivity index (χ3n) is 5.50. The van der Waals surface area contributed by atoms with Gasteiger partial charge in [-0.3, -0.25) is 9.59 Å². The molecule has 2 aromatic rings. The van der Waals surface area contributed by atoms with Gasteiger partial charge in [0, 0.05) is 12.6 Å². The quantitative estimate of drug-likeness (QED) is 0.674. The lowest BCUT2D eigenvalue weighted by Gasteiger charge is -2.30. The van der Waals surface area contributed by atoms with Crippen molar-refractivity contribution >= 4 is 11.8 Å². The number of amides is 2. The van der Waals surface area contributed by atoms with Crippen LogP contribution < -0.4 is 10.1 Å². The lowest BCUT2D eigenvalue weighted by atomic mass is 10.0. The number of benzene rings is 2. The van der Waals surface area contributed by atoms with Crippen LogP contribution in [0.4, 0.5) is 0 Å². The van der Waals surface area contributed by atoms with Crippen LogP contribution in [0.2, 0.25) is 0 Å². The van der Waals surface area contributed by atoms with E-state index in [-0.39, 0.29) is 24.3 Å². The number of methoxy groups -OCH3 is 1. The minimum atomic E-state index is -0.581. The van der Waals surface area contributed by atoms with E-state index in [0.717, 1.165) is 34.4 Å². The van der Waals surface area contributed by atoms with E-state index in [9.17, 15) is 9.59 Å². The Bertz CT molecular complexity index is 878. The van der Waals surface area contributed by atoms with Crippen molar-refractivity contribution in [2.24, 2.45) is 0 Å². The van der Waals surface area contributed by atoms with E-state index in [4.69, 9.17) is 4.74 Å². The van der Waals surface area contributed by atoms with Crippen molar-refractivity contribution in [3.8, 4) is 5.75 Å². The summed E-state index contributed by atoms with van der Waals surface area (Å²) >= 11 is 0. The van der Waals surface area contributed by atoms with Crippen LogP contribution in [0.15, 0.2) is 42.5 Å². The molecule has 0 unspecified atom stereocenters. The number of aryl methyl sites for hydroxylation is 2. The molecule has 0 radical (unpaired) electrons. The molecule has 2 atom stereocenters. The molecule has 30 heavy (non-hydrogen) atoms. The Morgan fingerprint density at radius 3 is 2.50 bits per heavy atom. The van der Waals surface area contributed by atoms with Crippen LogP contribution in [-0.2, 0) is 22.6 Å². The summed E-state index contributed by atoms with van der Waals surface area (Å²) < 4.78 is 5.31. The second-order valence-electron chi connectivity index (χ2n) is 7.97. The van der Waals surface area contributed by atoms with Crippen LogP contribution in [0.1, 0.15) is 49.4 Å². The summed E-state index contributed by atoms with van der Waals surface area (Å²) in [6, 6.07) is 13.2. The summed E-state index contributed by atoms with van der Waals surface area (Å²) in [5, 5.41) is 3.00. The first-order valence-electron chi connectivity index (χ1n) is 10.5. The van der Waals surface area contributed by atoms with Crippen LogP contribution in [0.5, 0.6) is 5.75 Å². The normalized spacial score (nSPS) is 12.7. The predicted octanol–water partition coefficient (Wildman–Crippen LogP) is 4.19. The molecule has 5 heteroatoms. The highest BCUT2D eigenvalue weighted by atomic mass is 16.5. The molecule has 0 spiro atoms. The number of ether oxygens (including phenoxy) is 1. The van der Waals surface area contributed by atoms with Crippen LogP contribution in [0.25, 0.3) is 0 Å². The van der Waals surface area contributed by atoms with E-state index in [1.165, 1.54) is 0 Å². The van der Waals surface area contributed by atoms with Gasteiger partial charge < -0.3 is 15.0 Å². The van der Waals surface area contributed by atoms with Crippen LogP contribution in [0, 0.1) is 13.8 Å². The number of hydrogen-bond acceptors (Lipinski definition) is 3. The fraction of sp³-hybridized carbons (Fsp3) is 0.440. The molecule has 0 saturated heterocycles. The number of hydrogen-bond donors (Lipinski definition) is 1. The van der Waals surface area contributed by atoms with Crippen molar-refractivity contribution in [1.29, 1.82) is 0 Å². The molecule has 0 aliphatic rings. The van der Waals surface area contributed by atoms with E-state index < -0.39 is 6.04 Å². The van der Waals surface area contributed by atoms with Gasteiger partial charge in [-0.1, -0.05) is 42.8 Å². The maximum absolute atomic E-state index is 13.4. The van der Waals surface area contributed by atoms with Crippen molar-refractivity contribution in [3.05, 3.63) is 64.7 Å². The van der Waals surface area contributed by atoms with Gasteiger partial charge in [0.25, 0.3) is 0 Å². The Labute approximate surface area is 180 Å². The minimum absolute atomic E-state index is 0.0627. The first-order chi connectivity index (χ1) is 14.2. The summed E-state index contributed by atoms with van der Waals surface area (Å²) in [4.78, 5) is 27.8. The number of nitrogens with zero attached hydrogens (tertiary/aromatic N) is 1. The van der Waals surface area contributed by atoms with Gasteiger partial charge >= 0.3 is 0 Å². The summed E-state index contributed by atoms with van der Waals surface area (Å²) in [7, 11) is 1.62. The van der Waals surface area contributed by atoms with Crippen LogP contribution in [-0.4, -0.2) is 35.9 Å². The molecule has 0 aliphatic carbocycles. The van der Waals surface area contributed by atoms with E-state index in [1.807, 2.05) is 70.2 Å². The summed E-state index contributed by atoms with van der Waals surface area (Å²) in [6.45, 7) is 10.1. The Kier molecular flexibility index (Phi) is 8.46. The van der Waals surface area contributed by atoms with Gasteiger partial charge in [-0.05, 0) is 62.9 Å². The number of carbonyl (C=O) groups excluding carboxylic acids is 2. The molecule has 0 aromatic heterocycles. The molecule has 1 N–H and O–H groups in total. The van der Waals surface area contributed by atoms with Gasteiger partial charge in [-0.25, -0.2) is 0 Å².